The molecular formula is C40H25FO8. The van der Waals surface area contributed by atoms with E-state index in [4.69, 9.17) is 18.9 Å². The highest BCUT2D eigenvalue weighted by Crippen LogP contribution is 2.39. The summed E-state index contributed by atoms with van der Waals surface area (Å²) in [7, 11) is 0. The highest BCUT2D eigenvalue weighted by atomic mass is 19.1. The fraction of sp³-hybridized carbons (Fsp3) is 0. The fourth-order valence-corrected chi connectivity index (χ4v) is 3.95. The molecule has 4 rings (SSSR count). The molecule has 0 spiro atoms. The molecule has 0 unspecified atom stereocenters. The Morgan fingerprint density at radius 3 is 1.37 bits per heavy atom. The van der Waals surface area contributed by atoms with Crippen LogP contribution in [-0.4, -0.2) is 23.9 Å². The van der Waals surface area contributed by atoms with E-state index >= 15 is 4.39 Å². The molecule has 0 aliphatic heterocycles. The van der Waals surface area contributed by atoms with E-state index in [-0.39, 0.29) is 22.6 Å². The van der Waals surface area contributed by atoms with Gasteiger partial charge in [-0.05, 0) is 72.3 Å². The van der Waals surface area contributed by atoms with Gasteiger partial charge >= 0.3 is 23.9 Å². The van der Waals surface area contributed by atoms with E-state index in [2.05, 4.69) is 50.0 Å². The Bertz CT molecular complexity index is 2100. The third kappa shape index (κ3) is 9.39. The molecule has 0 aliphatic carbocycles. The minimum Gasteiger partial charge on any atom is -0.423 e. The smallest absolute Gasteiger partial charge is 0.335 e. The van der Waals surface area contributed by atoms with Crippen LogP contribution in [0.25, 0.3) is 11.1 Å². The second-order valence-corrected chi connectivity index (χ2v) is 9.57. The van der Waals surface area contributed by atoms with Crippen LogP contribution in [0.2, 0.25) is 0 Å². The lowest BCUT2D eigenvalue weighted by molar-refractivity contribution is -0.130. The summed E-state index contributed by atoms with van der Waals surface area (Å²) in [6.45, 7) is 13.5. The molecule has 0 aliphatic rings. The maximum absolute atomic E-state index is 16.2. The number of hydrogen-bond donors (Lipinski definition) is 0. The predicted octanol–water partition coefficient (Wildman–Crippen LogP) is 6.66. The molecule has 0 bridgehead atoms. The largest absolute Gasteiger partial charge is 0.423 e. The van der Waals surface area contributed by atoms with Gasteiger partial charge in [-0.1, -0.05) is 62.1 Å². The minimum atomic E-state index is -0.981. The minimum absolute atomic E-state index is 0.0677. The van der Waals surface area contributed by atoms with E-state index in [0.717, 1.165) is 24.3 Å². The van der Waals surface area contributed by atoms with Gasteiger partial charge in [-0.3, -0.25) is 0 Å². The normalized spacial score (nSPS) is 9.65. The summed E-state index contributed by atoms with van der Waals surface area (Å²) in [5, 5.41) is 0. The predicted molar refractivity (Wildman–Crippen MR) is 180 cm³/mol. The Morgan fingerprint density at radius 2 is 0.918 bits per heavy atom. The molecule has 0 saturated carbocycles. The van der Waals surface area contributed by atoms with Crippen molar-refractivity contribution in [2.24, 2.45) is 0 Å². The molecule has 0 fully saturated rings. The topological polar surface area (TPSA) is 105 Å². The second-order valence-electron chi connectivity index (χ2n) is 9.57. The highest BCUT2D eigenvalue weighted by Gasteiger charge is 2.24. The lowest BCUT2D eigenvalue weighted by Crippen LogP contribution is -2.11. The highest BCUT2D eigenvalue weighted by molar-refractivity contribution is 5.88. The van der Waals surface area contributed by atoms with Crippen molar-refractivity contribution >= 4 is 23.9 Å². The lowest BCUT2D eigenvalue weighted by Gasteiger charge is -2.15. The first kappa shape index (κ1) is 34.6. The van der Waals surface area contributed by atoms with Gasteiger partial charge in [0.1, 0.15) is 17.1 Å². The molecule has 0 heterocycles. The van der Waals surface area contributed by atoms with Crippen molar-refractivity contribution in [2.45, 2.75) is 0 Å². The molecule has 0 amide bonds. The lowest BCUT2D eigenvalue weighted by atomic mass is 9.99. The van der Waals surface area contributed by atoms with Gasteiger partial charge in [0.15, 0.2) is 17.3 Å². The first-order valence-electron chi connectivity index (χ1n) is 14.2. The Kier molecular flexibility index (Phi) is 11.6. The standard InChI is InChI=1S/C40H25FO8/c1-5-35(42)46-30-20-13-27(14-21-30)10-9-26-11-18-29(19-12-26)33-25-34(48-37(44)7-3)32(40(39(33)41)49-38(45)8-4)24-17-28-15-22-31(23-16-28)47-36(43)6-2/h5-8,11-16,18-23,25H,1-4H2. The second kappa shape index (κ2) is 16.4. The zero-order valence-electron chi connectivity index (χ0n) is 25.8. The van der Waals surface area contributed by atoms with E-state index in [1.54, 1.807) is 48.5 Å². The van der Waals surface area contributed by atoms with Crippen molar-refractivity contribution in [1.82, 2.24) is 0 Å². The molecule has 0 radical (unpaired) electrons. The third-order valence-electron chi connectivity index (χ3n) is 6.29. The monoisotopic (exact) mass is 652 g/mol. The van der Waals surface area contributed by atoms with Crippen LogP contribution in [0.4, 0.5) is 4.39 Å². The molecule has 0 N–H and O–H groups in total. The van der Waals surface area contributed by atoms with Gasteiger partial charge in [0.25, 0.3) is 0 Å². The van der Waals surface area contributed by atoms with Crippen LogP contribution in [0.1, 0.15) is 22.3 Å². The summed E-state index contributed by atoms with van der Waals surface area (Å²) in [5.41, 5.74) is 1.69. The van der Waals surface area contributed by atoms with Crippen molar-refractivity contribution in [3.8, 4) is 57.8 Å². The quantitative estimate of drug-likeness (QED) is 0.0856. The molecule has 49 heavy (non-hydrogen) atoms. The molecule has 0 atom stereocenters. The van der Waals surface area contributed by atoms with Crippen LogP contribution >= 0.6 is 0 Å². The summed E-state index contributed by atoms with van der Waals surface area (Å²) >= 11 is 0. The van der Waals surface area contributed by atoms with Gasteiger partial charge in [0, 0.05) is 46.6 Å². The number of benzene rings is 4. The number of ether oxygens (including phenoxy) is 4. The summed E-state index contributed by atoms with van der Waals surface area (Å²) in [5.74, 6) is 7.27. The SMILES string of the molecule is C=CC(=O)Oc1ccc(C#Cc2ccc(-c3cc(OC(=O)C=C)c(C#Cc4ccc(OC(=O)C=C)cc4)c(OC(=O)C=C)c3F)cc2)cc1. The summed E-state index contributed by atoms with van der Waals surface area (Å²) in [6, 6.07) is 20.3. The zero-order chi connectivity index (χ0) is 35.3. The van der Waals surface area contributed by atoms with Crippen LogP contribution in [0.15, 0.2) is 129 Å². The van der Waals surface area contributed by atoms with Crippen LogP contribution < -0.4 is 18.9 Å². The molecule has 0 aromatic heterocycles. The van der Waals surface area contributed by atoms with Crippen LogP contribution in [-0.2, 0) is 19.2 Å². The number of halogens is 1. The Balaban J connectivity index is 1.72. The zero-order valence-corrected chi connectivity index (χ0v) is 25.8. The molecule has 4 aromatic carbocycles. The number of carbonyl (C=O) groups excluding carboxylic acids is 4. The van der Waals surface area contributed by atoms with Crippen molar-refractivity contribution in [3.05, 3.63) is 158 Å². The number of hydrogen-bond acceptors (Lipinski definition) is 8. The van der Waals surface area contributed by atoms with Crippen LogP contribution in [0, 0.1) is 29.5 Å². The Labute approximate surface area is 281 Å². The van der Waals surface area contributed by atoms with Crippen LogP contribution in [0.5, 0.6) is 23.0 Å². The molecular weight excluding hydrogens is 627 g/mol. The van der Waals surface area contributed by atoms with Crippen molar-refractivity contribution < 1.29 is 42.5 Å². The summed E-state index contributed by atoms with van der Waals surface area (Å²) < 4.78 is 37.0. The Morgan fingerprint density at radius 1 is 0.531 bits per heavy atom. The number of rotatable bonds is 9. The first-order valence-corrected chi connectivity index (χ1v) is 14.2. The van der Waals surface area contributed by atoms with E-state index in [1.807, 2.05) is 0 Å². The van der Waals surface area contributed by atoms with Gasteiger partial charge in [-0.2, -0.15) is 0 Å². The van der Waals surface area contributed by atoms with Gasteiger partial charge < -0.3 is 18.9 Å². The fourth-order valence-electron chi connectivity index (χ4n) is 3.95. The number of esters is 4. The average molecular weight is 653 g/mol. The van der Waals surface area contributed by atoms with E-state index in [9.17, 15) is 19.2 Å². The first-order chi connectivity index (χ1) is 23.6. The van der Waals surface area contributed by atoms with Gasteiger partial charge in [-0.25, -0.2) is 23.6 Å². The van der Waals surface area contributed by atoms with E-state index in [1.165, 1.54) is 30.3 Å². The van der Waals surface area contributed by atoms with Gasteiger partial charge in [-0.15, -0.1) is 0 Å². The van der Waals surface area contributed by atoms with E-state index < -0.39 is 35.4 Å². The molecule has 8 nitrogen and oxygen atoms in total. The van der Waals surface area contributed by atoms with Gasteiger partial charge in [0.05, 0.1) is 0 Å². The van der Waals surface area contributed by atoms with Crippen molar-refractivity contribution in [1.29, 1.82) is 0 Å². The molecule has 0 saturated heterocycles. The number of carbonyl (C=O) groups is 4. The Hall–Kier alpha value is -7.23. The maximum Gasteiger partial charge on any atom is 0.335 e. The average Bonchev–Trinajstić information content (AvgIpc) is 3.12. The molecule has 4 aromatic rings. The van der Waals surface area contributed by atoms with Crippen molar-refractivity contribution in [2.75, 3.05) is 0 Å². The molecule has 240 valence electrons. The van der Waals surface area contributed by atoms with Crippen LogP contribution in [0.3, 0.4) is 0 Å². The summed E-state index contributed by atoms with van der Waals surface area (Å²) in [4.78, 5) is 47.4. The maximum atomic E-state index is 16.2. The molecule has 9 heteroatoms. The van der Waals surface area contributed by atoms with Gasteiger partial charge in [0.2, 0.25) is 0 Å². The summed E-state index contributed by atoms with van der Waals surface area (Å²) in [6.07, 6.45) is 3.83. The van der Waals surface area contributed by atoms with Crippen molar-refractivity contribution in [3.63, 3.8) is 0 Å². The van der Waals surface area contributed by atoms with E-state index in [0.29, 0.717) is 28.0 Å². The third-order valence-corrected chi connectivity index (χ3v) is 6.29.